The van der Waals surface area contributed by atoms with Gasteiger partial charge in [-0.3, -0.25) is 0 Å². The zero-order valence-corrected chi connectivity index (χ0v) is 12.5. The van der Waals surface area contributed by atoms with Crippen molar-refractivity contribution in [1.82, 2.24) is 9.97 Å². The Hall–Kier alpha value is -3.21. The van der Waals surface area contributed by atoms with E-state index in [-0.39, 0.29) is 0 Å². The molecule has 0 atom stereocenters. The van der Waals surface area contributed by atoms with Gasteiger partial charge in [0.05, 0.1) is 12.8 Å². The van der Waals surface area contributed by atoms with Gasteiger partial charge < -0.3 is 19.9 Å². The Morgan fingerprint density at radius 2 is 1.87 bits per heavy atom. The van der Waals surface area contributed by atoms with Crippen LogP contribution in [0.15, 0.2) is 59.9 Å². The number of hydrogen-bond acceptors (Lipinski definition) is 3. The molecular weight excluding hydrogens is 290 g/mol. The maximum Gasteiger partial charge on any atom is 0.133 e. The lowest BCUT2D eigenvalue weighted by atomic mass is 10.1. The number of nitrogens with one attached hydrogen (secondary N) is 2. The Kier molecular flexibility index (Phi) is 3.05. The van der Waals surface area contributed by atoms with Crippen LogP contribution in [0.25, 0.3) is 21.8 Å². The van der Waals surface area contributed by atoms with Crippen LogP contribution in [0.4, 0.5) is 0 Å². The maximum absolute atomic E-state index is 9.52. The number of aromatic amines is 2. The summed E-state index contributed by atoms with van der Waals surface area (Å²) in [5, 5.41) is 15.1. The number of H-pyrrole nitrogens is 2. The Labute approximate surface area is 132 Å². The molecule has 0 amide bonds. The highest BCUT2D eigenvalue weighted by Crippen LogP contribution is 2.24. The molecule has 0 radical (unpaired) electrons. The van der Waals surface area contributed by atoms with E-state index in [0.717, 1.165) is 38.8 Å². The molecule has 5 heteroatoms. The van der Waals surface area contributed by atoms with Crippen LogP contribution in [-0.2, 0) is 0 Å². The van der Waals surface area contributed by atoms with Crippen LogP contribution in [0.2, 0.25) is 0 Å². The van der Waals surface area contributed by atoms with Crippen molar-refractivity contribution in [3.8, 4) is 5.75 Å². The standard InChI is InChI=1S/C18H15N3O2/c1-23-14-3-5-16-13(9-14)10-17(20-16)18(21-22)12-2-4-15-11(8-12)6-7-19-15/h2-10,19-20,22H,1H3/b21-18+. The molecule has 0 aliphatic heterocycles. The monoisotopic (exact) mass is 305 g/mol. The van der Waals surface area contributed by atoms with Gasteiger partial charge >= 0.3 is 0 Å². The van der Waals surface area contributed by atoms with Crippen LogP contribution >= 0.6 is 0 Å². The van der Waals surface area contributed by atoms with Crippen molar-refractivity contribution in [2.45, 2.75) is 0 Å². The summed E-state index contributed by atoms with van der Waals surface area (Å²) in [5.74, 6) is 0.791. The number of methoxy groups -OCH3 is 1. The van der Waals surface area contributed by atoms with Gasteiger partial charge in [-0.25, -0.2) is 0 Å². The summed E-state index contributed by atoms with van der Waals surface area (Å²) in [6.45, 7) is 0. The minimum atomic E-state index is 0.503. The molecule has 114 valence electrons. The summed E-state index contributed by atoms with van der Waals surface area (Å²) < 4.78 is 5.25. The van der Waals surface area contributed by atoms with E-state index in [4.69, 9.17) is 4.74 Å². The molecule has 23 heavy (non-hydrogen) atoms. The lowest BCUT2D eigenvalue weighted by Crippen LogP contribution is -2.03. The van der Waals surface area contributed by atoms with Crippen molar-refractivity contribution in [2.24, 2.45) is 5.16 Å². The largest absolute Gasteiger partial charge is 0.497 e. The van der Waals surface area contributed by atoms with Gasteiger partial charge in [0.1, 0.15) is 11.5 Å². The number of hydrogen-bond donors (Lipinski definition) is 3. The molecule has 3 N–H and O–H groups in total. The number of fused-ring (bicyclic) bond motifs is 2. The Bertz CT molecular complexity index is 1030. The highest BCUT2D eigenvalue weighted by Gasteiger charge is 2.12. The summed E-state index contributed by atoms with van der Waals surface area (Å²) in [7, 11) is 1.64. The number of ether oxygens (including phenoxy) is 1. The third-order valence-electron chi connectivity index (χ3n) is 4.01. The average Bonchev–Trinajstić information content (AvgIpc) is 3.20. The summed E-state index contributed by atoms with van der Waals surface area (Å²) in [6.07, 6.45) is 1.89. The van der Waals surface area contributed by atoms with Crippen molar-refractivity contribution >= 4 is 27.5 Å². The van der Waals surface area contributed by atoms with Gasteiger partial charge in [-0.05, 0) is 42.5 Å². The highest BCUT2D eigenvalue weighted by atomic mass is 16.5. The smallest absolute Gasteiger partial charge is 0.133 e. The van der Waals surface area contributed by atoms with Crippen LogP contribution in [0.3, 0.4) is 0 Å². The number of oxime groups is 1. The second kappa shape index (κ2) is 5.21. The minimum absolute atomic E-state index is 0.503. The fourth-order valence-electron chi connectivity index (χ4n) is 2.83. The summed E-state index contributed by atoms with van der Waals surface area (Å²) in [4.78, 5) is 6.44. The zero-order valence-electron chi connectivity index (χ0n) is 12.5. The Morgan fingerprint density at radius 3 is 2.70 bits per heavy atom. The number of nitrogens with zero attached hydrogens (tertiary/aromatic N) is 1. The van der Waals surface area contributed by atoms with Gasteiger partial charge in [0.25, 0.3) is 0 Å². The second-order valence-electron chi connectivity index (χ2n) is 5.36. The topological polar surface area (TPSA) is 73.4 Å². The minimum Gasteiger partial charge on any atom is -0.497 e. The zero-order chi connectivity index (χ0) is 15.8. The normalized spacial score (nSPS) is 12.1. The van der Waals surface area contributed by atoms with Crippen molar-refractivity contribution in [2.75, 3.05) is 7.11 Å². The second-order valence-corrected chi connectivity index (χ2v) is 5.36. The predicted octanol–water partition coefficient (Wildman–Crippen LogP) is 3.88. The summed E-state index contributed by atoms with van der Waals surface area (Å²) in [5.41, 5.74) is 4.11. The summed E-state index contributed by atoms with van der Waals surface area (Å²) in [6, 6.07) is 15.6. The molecule has 2 aromatic carbocycles. The molecule has 4 rings (SSSR count). The van der Waals surface area contributed by atoms with Gasteiger partial charge in [0.15, 0.2) is 0 Å². The average molecular weight is 305 g/mol. The van der Waals surface area contributed by atoms with Crippen molar-refractivity contribution in [3.63, 3.8) is 0 Å². The van der Waals surface area contributed by atoms with Gasteiger partial charge in [-0.2, -0.15) is 0 Å². The molecule has 0 saturated carbocycles. The predicted molar refractivity (Wildman–Crippen MR) is 90.6 cm³/mol. The first-order valence-electron chi connectivity index (χ1n) is 7.25. The molecule has 0 aliphatic carbocycles. The third-order valence-corrected chi connectivity index (χ3v) is 4.01. The van der Waals surface area contributed by atoms with Gasteiger partial charge in [-0.1, -0.05) is 11.2 Å². The summed E-state index contributed by atoms with van der Waals surface area (Å²) >= 11 is 0. The van der Waals surface area contributed by atoms with Crippen LogP contribution in [-0.4, -0.2) is 28.0 Å². The van der Waals surface area contributed by atoms with Crippen LogP contribution in [0, 0.1) is 0 Å². The molecule has 2 heterocycles. The van der Waals surface area contributed by atoms with Crippen LogP contribution < -0.4 is 4.74 Å². The molecule has 0 unspecified atom stereocenters. The van der Waals surface area contributed by atoms with Gasteiger partial charge in [-0.15, -0.1) is 0 Å². The first-order chi connectivity index (χ1) is 11.3. The fraction of sp³-hybridized carbons (Fsp3) is 0.0556. The molecule has 2 aromatic heterocycles. The van der Waals surface area contributed by atoms with E-state index < -0.39 is 0 Å². The molecule has 5 nitrogen and oxygen atoms in total. The lowest BCUT2D eigenvalue weighted by molar-refractivity contribution is 0.319. The Morgan fingerprint density at radius 1 is 1.00 bits per heavy atom. The molecule has 0 spiro atoms. The van der Waals surface area contributed by atoms with E-state index in [1.54, 1.807) is 7.11 Å². The first kappa shape index (κ1) is 13.5. The van der Waals surface area contributed by atoms with Crippen molar-refractivity contribution < 1.29 is 9.94 Å². The molecule has 4 aromatic rings. The molecule has 0 aliphatic rings. The fourth-order valence-corrected chi connectivity index (χ4v) is 2.83. The number of rotatable bonds is 3. The number of benzene rings is 2. The van der Waals surface area contributed by atoms with E-state index in [9.17, 15) is 5.21 Å². The van der Waals surface area contributed by atoms with E-state index >= 15 is 0 Å². The third kappa shape index (κ3) is 2.23. The van der Waals surface area contributed by atoms with Crippen molar-refractivity contribution in [3.05, 3.63) is 66.0 Å². The van der Waals surface area contributed by atoms with Crippen LogP contribution in [0.1, 0.15) is 11.3 Å². The molecule has 0 fully saturated rings. The van der Waals surface area contributed by atoms with E-state index in [2.05, 4.69) is 15.1 Å². The molecule has 0 bridgehead atoms. The molecular formula is C18H15N3O2. The van der Waals surface area contributed by atoms with Crippen LogP contribution in [0.5, 0.6) is 5.75 Å². The van der Waals surface area contributed by atoms with Crippen molar-refractivity contribution in [1.29, 1.82) is 0 Å². The lowest BCUT2D eigenvalue weighted by Gasteiger charge is -2.03. The SMILES string of the molecule is COc1ccc2[nH]c(/C(=N/O)c3ccc4[nH]ccc4c3)cc2c1. The highest BCUT2D eigenvalue weighted by molar-refractivity contribution is 6.14. The van der Waals surface area contributed by atoms with Gasteiger partial charge in [0, 0.05) is 33.6 Å². The maximum atomic E-state index is 9.52. The van der Waals surface area contributed by atoms with E-state index in [1.165, 1.54) is 0 Å². The van der Waals surface area contributed by atoms with E-state index in [0.29, 0.717) is 5.71 Å². The molecule has 0 saturated heterocycles. The Balaban J connectivity index is 1.82. The van der Waals surface area contributed by atoms with Gasteiger partial charge in [0.2, 0.25) is 0 Å². The first-order valence-corrected chi connectivity index (χ1v) is 7.25. The number of aromatic nitrogens is 2. The quantitative estimate of drug-likeness (QED) is 0.305. The van der Waals surface area contributed by atoms with E-state index in [1.807, 2.05) is 54.7 Å².